The van der Waals surface area contributed by atoms with Crippen LogP contribution in [0, 0.1) is 0 Å². The lowest BCUT2D eigenvalue weighted by Gasteiger charge is -2.06. The van der Waals surface area contributed by atoms with E-state index in [-0.39, 0.29) is 11.9 Å². The molecule has 0 amide bonds. The van der Waals surface area contributed by atoms with E-state index in [4.69, 9.17) is 4.74 Å². The summed E-state index contributed by atoms with van der Waals surface area (Å²) in [6.07, 6.45) is 5.05. The molecule has 82 valence electrons. The van der Waals surface area contributed by atoms with Gasteiger partial charge in [0.15, 0.2) is 5.78 Å². The molecule has 3 nitrogen and oxygen atoms in total. The second-order valence-corrected chi connectivity index (χ2v) is 5.29. The molecule has 0 aromatic carbocycles. The number of hydrogen-bond donors (Lipinski definition) is 0. The first-order chi connectivity index (χ1) is 6.51. The quantitative estimate of drug-likeness (QED) is 0.657. The summed E-state index contributed by atoms with van der Waals surface area (Å²) in [4.78, 5) is 11.4. The van der Waals surface area contributed by atoms with E-state index in [9.17, 15) is 9.00 Å². The molecular weight excluding hydrogens is 220 g/mol. The van der Waals surface area contributed by atoms with Gasteiger partial charge in [0.1, 0.15) is 0 Å². The van der Waals surface area contributed by atoms with E-state index in [1.54, 1.807) is 19.6 Å². The van der Waals surface area contributed by atoms with Crippen LogP contribution in [0.25, 0.3) is 0 Å². The highest BCUT2D eigenvalue weighted by atomic mass is 32.2. The summed E-state index contributed by atoms with van der Waals surface area (Å²) in [5.74, 6) is -0.0427. The van der Waals surface area contributed by atoms with Crippen LogP contribution in [-0.2, 0) is 20.3 Å². The Morgan fingerprint density at radius 3 is 2.57 bits per heavy atom. The number of carbonyl (C=O) groups excluding carboxylic acids is 1. The fourth-order valence-corrected chi connectivity index (χ4v) is 2.30. The Bertz CT molecular complexity index is 248. The number of hydrogen-bond acceptors (Lipinski definition) is 4. The molecule has 5 heteroatoms. The maximum atomic E-state index is 11.4. The average molecular weight is 236 g/mol. The first-order valence-electron chi connectivity index (χ1n) is 4.16. The summed E-state index contributed by atoms with van der Waals surface area (Å²) in [6, 6.07) is 0. The number of rotatable bonds is 6. The van der Waals surface area contributed by atoms with E-state index < -0.39 is 10.8 Å². The minimum Gasteiger partial charge on any atom is -0.381 e. The largest absolute Gasteiger partial charge is 0.381 e. The molecule has 2 unspecified atom stereocenters. The summed E-state index contributed by atoms with van der Waals surface area (Å²) in [6.45, 7) is 1.83. The van der Waals surface area contributed by atoms with Crippen molar-refractivity contribution in [3.8, 4) is 0 Å². The van der Waals surface area contributed by atoms with Crippen molar-refractivity contribution in [2.24, 2.45) is 0 Å². The average Bonchev–Trinajstić information content (AvgIpc) is 2.13. The third kappa shape index (κ3) is 5.57. The van der Waals surface area contributed by atoms with Gasteiger partial charge < -0.3 is 4.74 Å². The predicted octanol–water partition coefficient (Wildman–Crippen LogP) is 1.56. The number of carbonyl (C=O) groups is 1. The van der Waals surface area contributed by atoms with Crippen molar-refractivity contribution in [2.45, 2.75) is 19.4 Å². The van der Waals surface area contributed by atoms with E-state index in [0.29, 0.717) is 10.7 Å². The first kappa shape index (κ1) is 13.9. The van der Waals surface area contributed by atoms with Crippen LogP contribution in [0.2, 0.25) is 0 Å². The van der Waals surface area contributed by atoms with Gasteiger partial charge in [-0.15, -0.1) is 11.8 Å². The van der Waals surface area contributed by atoms with E-state index in [1.807, 2.05) is 6.92 Å². The van der Waals surface area contributed by atoms with E-state index in [1.165, 1.54) is 17.8 Å². The number of ketones is 1. The number of allylic oxidation sites excluding steroid dienone is 1. The lowest BCUT2D eigenvalue weighted by Crippen LogP contribution is -2.10. The third-order valence-electron chi connectivity index (χ3n) is 1.65. The van der Waals surface area contributed by atoms with Gasteiger partial charge in [-0.25, -0.2) is 0 Å². The molecule has 0 saturated carbocycles. The maximum absolute atomic E-state index is 11.4. The Kier molecular flexibility index (Phi) is 7.13. The second-order valence-electron chi connectivity index (χ2n) is 2.84. The number of ether oxygens (including phenoxy) is 1. The minimum absolute atomic E-state index is 0.0427. The predicted molar refractivity (Wildman–Crippen MR) is 61.8 cm³/mol. The van der Waals surface area contributed by atoms with Gasteiger partial charge in [0.25, 0.3) is 0 Å². The third-order valence-corrected chi connectivity index (χ3v) is 4.06. The molecule has 0 aromatic heterocycles. The molecule has 0 N–H and O–H groups in total. The van der Waals surface area contributed by atoms with Crippen LogP contribution in [0.3, 0.4) is 0 Å². The standard InChI is InChI=1S/C9H16O3S2/c1-7(12-2)5-8(10)6-9(13-3)14(4)11/h6-7H,5H2,1-4H3. The lowest BCUT2D eigenvalue weighted by molar-refractivity contribution is -0.116. The highest BCUT2D eigenvalue weighted by Gasteiger charge is 2.08. The van der Waals surface area contributed by atoms with Crippen LogP contribution >= 0.6 is 11.8 Å². The zero-order valence-corrected chi connectivity index (χ0v) is 10.5. The Morgan fingerprint density at radius 2 is 2.21 bits per heavy atom. The van der Waals surface area contributed by atoms with E-state index >= 15 is 0 Å². The number of methoxy groups -OCH3 is 1. The van der Waals surface area contributed by atoms with Crippen molar-refractivity contribution in [1.82, 2.24) is 0 Å². The summed E-state index contributed by atoms with van der Waals surface area (Å²) >= 11 is 1.34. The van der Waals surface area contributed by atoms with Crippen LogP contribution in [0.15, 0.2) is 10.3 Å². The molecule has 0 fully saturated rings. The second kappa shape index (κ2) is 7.20. The van der Waals surface area contributed by atoms with Gasteiger partial charge >= 0.3 is 0 Å². The number of thioether (sulfide) groups is 1. The van der Waals surface area contributed by atoms with Gasteiger partial charge in [-0.2, -0.15) is 0 Å². The van der Waals surface area contributed by atoms with Crippen LogP contribution in [0.5, 0.6) is 0 Å². The van der Waals surface area contributed by atoms with Gasteiger partial charge in [0.2, 0.25) is 0 Å². The molecule has 0 aliphatic heterocycles. The van der Waals surface area contributed by atoms with Crippen LogP contribution in [-0.4, -0.2) is 35.7 Å². The SMILES string of the molecule is COC(C)CC(=O)C=C(SC)S(C)=O. The lowest BCUT2D eigenvalue weighted by atomic mass is 10.2. The normalized spacial score (nSPS) is 16.4. The smallest absolute Gasteiger partial charge is 0.159 e. The van der Waals surface area contributed by atoms with Gasteiger partial charge in [-0.3, -0.25) is 9.00 Å². The summed E-state index contributed by atoms with van der Waals surface area (Å²) < 4.78 is 16.7. The zero-order chi connectivity index (χ0) is 11.1. The maximum Gasteiger partial charge on any atom is 0.159 e. The molecule has 0 radical (unpaired) electrons. The molecule has 0 aliphatic rings. The molecule has 0 bridgehead atoms. The van der Waals surface area contributed by atoms with Crippen molar-refractivity contribution in [2.75, 3.05) is 19.6 Å². The van der Waals surface area contributed by atoms with Gasteiger partial charge in [-0.1, -0.05) is 0 Å². The molecule has 2 atom stereocenters. The van der Waals surface area contributed by atoms with Crippen molar-refractivity contribution in [3.05, 3.63) is 10.3 Å². The fraction of sp³-hybridized carbons (Fsp3) is 0.667. The summed E-state index contributed by atoms with van der Waals surface area (Å²) in [7, 11) is 0.486. The molecule has 14 heavy (non-hydrogen) atoms. The van der Waals surface area contributed by atoms with Crippen LogP contribution in [0.1, 0.15) is 13.3 Å². The molecule has 0 saturated heterocycles. The molecule has 0 aliphatic carbocycles. The first-order valence-corrected chi connectivity index (χ1v) is 6.94. The molecule has 0 rings (SSSR count). The highest BCUT2D eigenvalue weighted by Crippen LogP contribution is 2.15. The van der Waals surface area contributed by atoms with Crippen molar-refractivity contribution in [1.29, 1.82) is 0 Å². The highest BCUT2D eigenvalue weighted by molar-refractivity contribution is 8.15. The summed E-state index contributed by atoms with van der Waals surface area (Å²) in [5.41, 5.74) is 0. The summed E-state index contributed by atoms with van der Waals surface area (Å²) in [5, 5.41) is 0. The Hall–Kier alpha value is -0.130. The Labute approximate surface area is 91.7 Å². The molecule has 0 aromatic rings. The van der Waals surface area contributed by atoms with Crippen LogP contribution < -0.4 is 0 Å². The van der Waals surface area contributed by atoms with Crippen molar-refractivity contribution >= 4 is 28.3 Å². The molecular formula is C9H16O3S2. The molecule has 0 spiro atoms. The fourth-order valence-electron chi connectivity index (χ4n) is 0.816. The van der Waals surface area contributed by atoms with Crippen LogP contribution in [0.4, 0.5) is 0 Å². The topological polar surface area (TPSA) is 43.4 Å². The zero-order valence-electron chi connectivity index (χ0n) is 8.90. The van der Waals surface area contributed by atoms with Gasteiger partial charge in [-0.05, 0) is 13.2 Å². The van der Waals surface area contributed by atoms with E-state index in [2.05, 4.69) is 0 Å². The van der Waals surface area contributed by atoms with Crippen molar-refractivity contribution in [3.63, 3.8) is 0 Å². The minimum atomic E-state index is -1.08. The van der Waals surface area contributed by atoms with Crippen molar-refractivity contribution < 1.29 is 13.7 Å². The molecule has 0 heterocycles. The van der Waals surface area contributed by atoms with Gasteiger partial charge in [0.05, 0.1) is 21.1 Å². The monoisotopic (exact) mass is 236 g/mol. The van der Waals surface area contributed by atoms with Gasteiger partial charge in [0, 0.05) is 25.9 Å². The Morgan fingerprint density at radius 1 is 1.64 bits per heavy atom. The van der Waals surface area contributed by atoms with E-state index in [0.717, 1.165) is 0 Å². The Balaban J connectivity index is 4.33.